The first kappa shape index (κ1) is 8.61. The molecule has 2 rings (SSSR count). The molecule has 0 atom stereocenters. The second-order valence-corrected chi connectivity index (χ2v) is 3.77. The van der Waals surface area contributed by atoms with Gasteiger partial charge in [0.2, 0.25) is 0 Å². The molecule has 0 saturated heterocycles. The fraction of sp³-hybridized carbons (Fsp3) is 0.125. The van der Waals surface area contributed by atoms with Gasteiger partial charge >= 0.3 is 0 Å². The Balaban J connectivity index is 2.59. The maximum atomic E-state index is 3.94. The molecule has 1 heterocycles. The fourth-order valence-electron chi connectivity index (χ4n) is 1.10. The number of halogens is 1. The van der Waals surface area contributed by atoms with Crippen molar-refractivity contribution < 1.29 is 0 Å². The van der Waals surface area contributed by atoms with E-state index >= 15 is 0 Å². The maximum absolute atomic E-state index is 3.94. The van der Waals surface area contributed by atoms with E-state index in [1.54, 1.807) is 4.68 Å². The molecule has 0 saturated carbocycles. The lowest BCUT2D eigenvalue weighted by atomic mass is 10.2. The quantitative estimate of drug-likeness (QED) is 0.746. The summed E-state index contributed by atoms with van der Waals surface area (Å²) in [6.45, 7) is 0. The number of aryl methyl sites for hydroxylation is 1. The van der Waals surface area contributed by atoms with E-state index in [1.807, 2.05) is 31.3 Å². The zero-order chi connectivity index (χ0) is 9.26. The molecule has 0 N–H and O–H groups in total. The summed E-state index contributed by atoms with van der Waals surface area (Å²) in [6, 6.07) is 8.01. The standard InChI is InChI=1S/C8H7IN4/c1-13-8(10-11-12-13)6-4-2-3-5-7(6)9/h2-5H,1H3. The van der Waals surface area contributed by atoms with Crippen LogP contribution < -0.4 is 0 Å². The van der Waals surface area contributed by atoms with Crippen molar-refractivity contribution in [2.45, 2.75) is 0 Å². The fourth-order valence-corrected chi connectivity index (χ4v) is 1.73. The monoisotopic (exact) mass is 286 g/mol. The summed E-state index contributed by atoms with van der Waals surface area (Å²) < 4.78 is 2.82. The van der Waals surface area contributed by atoms with Crippen LogP contribution in [0.25, 0.3) is 11.4 Å². The maximum Gasteiger partial charge on any atom is 0.182 e. The van der Waals surface area contributed by atoms with Crippen molar-refractivity contribution in [3.8, 4) is 11.4 Å². The van der Waals surface area contributed by atoms with Crippen LogP contribution in [-0.2, 0) is 7.05 Å². The van der Waals surface area contributed by atoms with E-state index in [4.69, 9.17) is 0 Å². The molecule has 0 aliphatic heterocycles. The van der Waals surface area contributed by atoms with Crippen molar-refractivity contribution in [3.05, 3.63) is 27.8 Å². The molecular weight excluding hydrogens is 279 g/mol. The molecule has 0 aliphatic carbocycles. The SMILES string of the molecule is Cn1nnnc1-c1ccccc1I. The highest BCUT2D eigenvalue weighted by molar-refractivity contribution is 14.1. The number of nitrogens with zero attached hydrogens (tertiary/aromatic N) is 4. The molecule has 0 bridgehead atoms. The van der Waals surface area contributed by atoms with E-state index in [0.29, 0.717) is 0 Å². The van der Waals surface area contributed by atoms with Crippen LogP contribution in [0.15, 0.2) is 24.3 Å². The van der Waals surface area contributed by atoms with Gasteiger partial charge < -0.3 is 0 Å². The Bertz CT molecular complexity index is 424. The van der Waals surface area contributed by atoms with E-state index in [0.717, 1.165) is 15.0 Å². The van der Waals surface area contributed by atoms with Crippen LogP contribution in [-0.4, -0.2) is 20.2 Å². The summed E-state index contributed by atoms with van der Waals surface area (Å²) in [7, 11) is 1.83. The molecule has 1 aromatic heterocycles. The van der Waals surface area contributed by atoms with Gasteiger partial charge in [0.1, 0.15) is 0 Å². The number of tetrazole rings is 1. The highest BCUT2D eigenvalue weighted by Crippen LogP contribution is 2.21. The summed E-state index contributed by atoms with van der Waals surface area (Å²) in [5, 5.41) is 11.3. The van der Waals surface area contributed by atoms with Crippen molar-refractivity contribution in [2.24, 2.45) is 7.05 Å². The Hall–Kier alpha value is -0.980. The van der Waals surface area contributed by atoms with Gasteiger partial charge in [-0.15, -0.1) is 5.10 Å². The third kappa shape index (κ3) is 1.55. The summed E-state index contributed by atoms with van der Waals surface area (Å²) >= 11 is 2.27. The second kappa shape index (κ2) is 3.41. The molecule has 66 valence electrons. The van der Waals surface area contributed by atoms with Crippen molar-refractivity contribution in [2.75, 3.05) is 0 Å². The molecule has 0 aliphatic rings. The van der Waals surface area contributed by atoms with Gasteiger partial charge in [-0.1, -0.05) is 18.2 Å². The van der Waals surface area contributed by atoms with Gasteiger partial charge in [0.25, 0.3) is 0 Å². The lowest BCUT2D eigenvalue weighted by Crippen LogP contribution is -1.95. The van der Waals surface area contributed by atoms with Gasteiger partial charge in [-0.2, -0.15) is 0 Å². The van der Waals surface area contributed by atoms with Crippen LogP contribution in [0.2, 0.25) is 0 Å². The molecule has 0 fully saturated rings. The highest BCUT2D eigenvalue weighted by atomic mass is 127. The summed E-state index contributed by atoms with van der Waals surface area (Å²) in [6.07, 6.45) is 0. The average molecular weight is 286 g/mol. The van der Waals surface area contributed by atoms with Crippen LogP contribution >= 0.6 is 22.6 Å². The average Bonchev–Trinajstić information content (AvgIpc) is 2.52. The Morgan fingerprint density at radius 2 is 2.08 bits per heavy atom. The minimum Gasteiger partial charge on any atom is -0.229 e. The molecular formula is C8H7IN4. The van der Waals surface area contributed by atoms with Crippen LogP contribution in [0.1, 0.15) is 0 Å². The van der Waals surface area contributed by atoms with Gasteiger partial charge in [0.15, 0.2) is 5.82 Å². The summed E-state index contributed by atoms with van der Waals surface area (Å²) in [4.78, 5) is 0. The molecule has 0 unspecified atom stereocenters. The van der Waals surface area contributed by atoms with Gasteiger partial charge in [0.05, 0.1) is 0 Å². The molecule has 0 spiro atoms. The number of hydrogen-bond acceptors (Lipinski definition) is 3. The normalized spacial score (nSPS) is 10.3. The zero-order valence-corrected chi connectivity index (χ0v) is 9.13. The Kier molecular flexibility index (Phi) is 2.26. The molecule has 2 aromatic rings. The lowest BCUT2D eigenvalue weighted by Gasteiger charge is -2.00. The van der Waals surface area contributed by atoms with E-state index in [1.165, 1.54) is 0 Å². The highest BCUT2D eigenvalue weighted by Gasteiger charge is 2.07. The molecule has 5 heteroatoms. The Morgan fingerprint density at radius 3 is 2.69 bits per heavy atom. The zero-order valence-electron chi connectivity index (χ0n) is 6.98. The largest absolute Gasteiger partial charge is 0.229 e. The Morgan fingerprint density at radius 1 is 1.31 bits per heavy atom. The minimum atomic E-state index is 0.796. The molecule has 0 amide bonds. The Labute approximate surface area is 89.1 Å². The van der Waals surface area contributed by atoms with E-state index in [9.17, 15) is 0 Å². The number of hydrogen-bond donors (Lipinski definition) is 0. The summed E-state index contributed by atoms with van der Waals surface area (Å²) in [5.41, 5.74) is 1.07. The minimum absolute atomic E-state index is 0.796. The first-order valence-corrected chi connectivity index (χ1v) is 4.84. The predicted octanol–water partition coefficient (Wildman–Crippen LogP) is 1.48. The molecule has 0 radical (unpaired) electrons. The van der Waals surface area contributed by atoms with E-state index < -0.39 is 0 Å². The van der Waals surface area contributed by atoms with E-state index in [2.05, 4.69) is 38.1 Å². The van der Waals surface area contributed by atoms with Crippen molar-refractivity contribution >= 4 is 22.6 Å². The number of benzene rings is 1. The lowest BCUT2D eigenvalue weighted by molar-refractivity contribution is 0.714. The van der Waals surface area contributed by atoms with Gasteiger partial charge in [-0.3, -0.25) is 0 Å². The van der Waals surface area contributed by atoms with Gasteiger partial charge in [0, 0.05) is 16.2 Å². The predicted molar refractivity (Wildman–Crippen MR) is 57.0 cm³/mol. The van der Waals surface area contributed by atoms with Crippen LogP contribution in [0.4, 0.5) is 0 Å². The van der Waals surface area contributed by atoms with Crippen LogP contribution in [0.5, 0.6) is 0 Å². The number of rotatable bonds is 1. The van der Waals surface area contributed by atoms with E-state index in [-0.39, 0.29) is 0 Å². The van der Waals surface area contributed by atoms with Gasteiger partial charge in [-0.25, -0.2) is 4.68 Å². The number of aromatic nitrogens is 4. The van der Waals surface area contributed by atoms with Crippen molar-refractivity contribution in [1.29, 1.82) is 0 Å². The first-order chi connectivity index (χ1) is 6.29. The first-order valence-electron chi connectivity index (χ1n) is 3.76. The molecule has 13 heavy (non-hydrogen) atoms. The molecule has 1 aromatic carbocycles. The van der Waals surface area contributed by atoms with Crippen LogP contribution in [0.3, 0.4) is 0 Å². The summed E-state index contributed by atoms with van der Waals surface area (Å²) in [5.74, 6) is 0.796. The third-order valence-corrected chi connectivity index (χ3v) is 2.68. The van der Waals surface area contributed by atoms with Crippen molar-refractivity contribution in [1.82, 2.24) is 20.2 Å². The van der Waals surface area contributed by atoms with Gasteiger partial charge in [-0.05, 0) is 39.1 Å². The molecule has 4 nitrogen and oxygen atoms in total. The van der Waals surface area contributed by atoms with Crippen LogP contribution in [0, 0.1) is 3.57 Å². The second-order valence-electron chi connectivity index (χ2n) is 2.61. The third-order valence-electron chi connectivity index (χ3n) is 1.73. The smallest absolute Gasteiger partial charge is 0.182 e. The van der Waals surface area contributed by atoms with Crippen molar-refractivity contribution in [3.63, 3.8) is 0 Å². The topological polar surface area (TPSA) is 43.6 Å².